The number of thioether (sulfide) groups is 1. The molecule has 1 N–H and O–H groups in total. The van der Waals surface area contributed by atoms with Crippen LogP contribution in [0.1, 0.15) is 18.1 Å². The molecule has 1 aromatic rings. The van der Waals surface area contributed by atoms with Crippen molar-refractivity contribution in [1.29, 1.82) is 0 Å². The fraction of sp³-hybridized carbons (Fsp3) is 0.357. The molecule has 0 atom stereocenters. The molecule has 0 fully saturated rings. The highest BCUT2D eigenvalue weighted by molar-refractivity contribution is 8.00. The molecule has 0 heterocycles. The first-order valence-electron chi connectivity index (χ1n) is 5.70. The number of hydrogen-bond donors (Lipinski definition) is 1. The zero-order valence-electron chi connectivity index (χ0n) is 10.6. The first-order chi connectivity index (χ1) is 8.15. The van der Waals surface area contributed by atoms with E-state index in [9.17, 15) is 4.79 Å². The molecule has 1 rings (SSSR count). The fourth-order valence-electron chi connectivity index (χ4n) is 1.50. The second kappa shape index (κ2) is 7.17. The third-order valence-corrected chi connectivity index (χ3v) is 3.32. The molecule has 0 spiro atoms. The predicted octanol–water partition coefficient (Wildman–Crippen LogP) is 3.55. The molecule has 0 unspecified atom stereocenters. The number of hydrogen-bond acceptors (Lipinski definition) is 2. The second-order valence-electron chi connectivity index (χ2n) is 3.90. The molecule has 0 saturated heterocycles. The first kappa shape index (κ1) is 13.8. The Kier molecular flexibility index (Phi) is 5.84. The van der Waals surface area contributed by atoms with Gasteiger partial charge in [0.2, 0.25) is 5.91 Å². The van der Waals surface area contributed by atoms with Crippen molar-refractivity contribution < 1.29 is 4.79 Å². The minimum absolute atomic E-state index is 0.0666. The van der Waals surface area contributed by atoms with Gasteiger partial charge in [0.05, 0.1) is 5.75 Å². The van der Waals surface area contributed by atoms with Crippen LogP contribution >= 0.6 is 11.8 Å². The number of anilines is 1. The lowest BCUT2D eigenvalue weighted by Crippen LogP contribution is -2.15. The van der Waals surface area contributed by atoms with Crippen LogP contribution in [-0.4, -0.2) is 17.4 Å². The molecular weight excluding hydrogens is 230 g/mol. The van der Waals surface area contributed by atoms with Crippen LogP contribution in [-0.2, 0) is 4.79 Å². The Morgan fingerprint density at radius 3 is 2.59 bits per heavy atom. The molecule has 0 radical (unpaired) electrons. The zero-order chi connectivity index (χ0) is 12.7. The van der Waals surface area contributed by atoms with E-state index < -0.39 is 0 Å². The van der Waals surface area contributed by atoms with Gasteiger partial charge in [0.15, 0.2) is 0 Å². The number of para-hydroxylation sites is 1. The maximum atomic E-state index is 11.7. The van der Waals surface area contributed by atoms with Crippen LogP contribution in [0.5, 0.6) is 0 Å². The molecule has 2 nitrogen and oxygen atoms in total. The van der Waals surface area contributed by atoms with E-state index in [1.165, 1.54) is 0 Å². The zero-order valence-corrected chi connectivity index (χ0v) is 11.4. The summed E-state index contributed by atoms with van der Waals surface area (Å²) in [5.74, 6) is 1.45. The van der Waals surface area contributed by atoms with E-state index in [2.05, 4.69) is 11.4 Å². The molecule has 1 aromatic carbocycles. The van der Waals surface area contributed by atoms with Gasteiger partial charge in [-0.15, -0.1) is 11.8 Å². The fourth-order valence-corrected chi connectivity index (χ4v) is 2.21. The van der Waals surface area contributed by atoms with E-state index in [-0.39, 0.29) is 5.91 Å². The summed E-state index contributed by atoms with van der Waals surface area (Å²) in [5, 5.41) is 2.97. The number of carbonyl (C=O) groups is 1. The van der Waals surface area contributed by atoms with Crippen molar-refractivity contribution in [3.05, 3.63) is 41.5 Å². The minimum Gasteiger partial charge on any atom is -0.325 e. The van der Waals surface area contributed by atoms with Crippen molar-refractivity contribution in [3.63, 3.8) is 0 Å². The molecule has 0 aliphatic carbocycles. The van der Waals surface area contributed by atoms with Gasteiger partial charge in [-0.25, -0.2) is 0 Å². The van der Waals surface area contributed by atoms with Gasteiger partial charge in [-0.1, -0.05) is 30.4 Å². The molecule has 3 heteroatoms. The van der Waals surface area contributed by atoms with E-state index >= 15 is 0 Å². The minimum atomic E-state index is 0.0666. The molecule has 17 heavy (non-hydrogen) atoms. The quantitative estimate of drug-likeness (QED) is 0.638. The maximum Gasteiger partial charge on any atom is 0.234 e. The van der Waals surface area contributed by atoms with Gasteiger partial charge in [-0.05, 0) is 31.9 Å². The van der Waals surface area contributed by atoms with Gasteiger partial charge in [-0.3, -0.25) is 4.79 Å². The third kappa shape index (κ3) is 4.65. The average Bonchev–Trinajstić information content (AvgIpc) is 2.30. The lowest BCUT2D eigenvalue weighted by molar-refractivity contribution is -0.113. The van der Waals surface area contributed by atoms with Crippen molar-refractivity contribution in [1.82, 2.24) is 0 Å². The highest BCUT2D eigenvalue weighted by Crippen LogP contribution is 2.19. The summed E-state index contributed by atoms with van der Waals surface area (Å²) in [6.07, 6.45) is 4.05. The Morgan fingerprint density at radius 1 is 1.35 bits per heavy atom. The van der Waals surface area contributed by atoms with Gasteiger partial charge in [0.1, 0.15) is 0 Å². The molecular formula is C14H19NOS. The van der Waals surface area contributed by atoms with Gasteiger partial charge in [-0.2, -0.15) is 0 Å². The molecule has 0 aliphatic rings. The van der Waals surface area contributed by atoms with E-state index in [0.717, 1.165) is 22.6 Å². The Balaban J connectivity index is 2.50. The average molecular weight is 249 g/mol. The molecule has 0 aliphatic heterocycles. The number of nitrogens with one attached hydrogen (secondary N) is 1. The summed E-state index contributed by atoms with van der Waals surface area (Å²) in [6.45, 7) is 6.00. The number of rotatable bonds is 5. The van der Waals surface area contributed by atoms with Crippen LogP contribution in [0.2, 0.25) is 0 Å². The van der Waals surface area contributed by atoms with Crippen LogP contribution in [0.4, 0.5) is 5.69 Å². The molecule has 0 bridgehead atoms. The second-order valence-corrected chi connectivity index (χ2v) is 4.93. The third-order valence-electron chi connectivity index (χ3n) is 2.43. The van der Waals surface area contributed by atoms with Crippen molar-refractivity contribution in [2.45, 2.75) is 20.8 Å². The van der Waals surface area contributed by atoms with Crippen LogP contribution in [0.15, 0.2) is 30.4 Å². The van der Waals surface area contributed by atoms with Crippen LogP contribution in [0.25, 0.3) is 0 Å². The van der Waals surface area contributed by atoms with E-state index in [1.54, 1.807) is 11.8 Å². The standard InChI is InChI=1S/C14H19NOS/c1-4-5-9-17-10-13(16)15-14-11(2)7-6-8-12(14)3/h4-8H,9-10H2,1-3H3,(H,15,16)/b5-4+. The first-order valence-corrected chi connectivity index (χ1v) is 6.85. The van der Waals surface area contributed by atoms with E-state index in [0.29, 0.717) is 5.75 Å². The van der Waals surface area contributed by atoms with Crippen LogP contribution in [0.3, 0.4) is 0 Å². The smallest absolute Gasteiger partial charge is 0.234 e. The lowest BCUT2D eigenvalue weighted by atomic mass is 10.1. The number of carbonyl (C=O) groups excluding carboxylic acids is 1. The maximum absolute atomic E-state index is 11.7. The summed E-state index contributed by atoms with van der Waals surface area (Å²) >= 11 is 1.62. The van der Waals surface area contributed by atoms with E-state index in [4.69, 9.17) is 0 Å². The highest BCUT2D eigenvalue weighted by atomic mass is 32.2. The molecule has 1 amide bonds. The van der Waals surface area contributed by atoms with Gasteiger partial charge >= 0.3 is 0 Å². The van der Waals surface area contributed by atoms with E-state index in [1.807, 2.05) is 45.0 Å². The summed E-state index contributed by atoms with van der Waals surface area (Å²) < 4.78 is 0. The summed E-state index contributed by atoms with van der Waals surface area (Å²) in [4.78, 5) is 11.7. The van der Waals surface area contributed by atoms with Gasteiger partial charge in [0, 0.05) is 11.4 Å². The van der Waals surface area contributed by atoms with Crippen molar-refractivity contribution >= 4 is 23.4 Å². The summed E-state index contributed by atoms with van der Waals surface area (Å²) in [6, 6.07) is 6.02. The predicted molar refractivity (Wildman–Crippen MR) is 76.7 cm³/mol. The normalized spacial score (nSPS) is 10.8. The van der Waals surface area contributed by atoms with Gasteiger partial charge < -0.3 is 5.32 Å². The largest absolute Gasteiger partial charge is 0.325 e. The van der Waals surface area contributed by atoms with Crippen LogP contribution in [0, 0.1) is 13.8 Å². The van der Waals surface area contributed by atoms with Crippen molar-refractivity contribution in [2.24, 2.45) is 0 Å². The summed E-state index contributed by atoms with van der Waals surface area (Å²) in [7, 11) is 0. The Hall–Kier alpha value is -1.22. The van der Waals surface area contributed by atoms with Gasteiger partial charge in [0.25, 0.3) is 0 Å². The number of allylic oxidation sites excluding steroid dienone is 1. The Morgan fingerprint density at radius 2 is 2.00 bits per heavy atom. The van der Waals surface area contributed by atoms with Crippen molar-refractivity contribution in [2.75, 3.05) is 16.8 Å². The SMILES string of the molecule is C/C=C/CSCC(=O)Nc1c(C)cccc1C. The monoisotopic (exact) mass is 249 g/mol. The molecule has 0 aromatic heterocycles. The highest BCUT2D eigenvalue weighted by Gasteiger charge is 2.06. The summed E-state index contributed by atoms with van der Waals surface area (Å²) in [5.41, 5.74) is 3.16. The number of aryl methyl sites for hydroxylation is 2. The molecule has 92 valence electrons. The Labute approximate surface area is 107 Å². The van der Waals surface area contributed by atoms with Crippen LogP contribution < -0.4 is 5.32 Å². The molecule has 0 saturated carbocycles. The number of amides is 1. The number of benzene rings is 1. The Bertz CT molecular complexity index is 392. The lowest BCUT2D eigenvalue weighted by Gasteiger charge is -2.10. The topological polar surface area (TPSA) is 29.1 Å². The van der Waals surface area contributed by atoms with Crippen molar-refractivity contribution in [3.8, 4) is 0 Å².